The molecule has 2 aromatic carbocycles. The number of carbonyl (C=O) groups is 2. The summed E-state index contributed by atoms with van der Waals surface area (Å²) in [6, 6.07) is 11.8. The summed E-state index contributed by atoms with van der Waals surface area (Å²) >= 11 is 11.9. The summed E-state index contributed by atoms with van der Waals surface area (Å²) in [5, 5.41) is 3.74. The minimum Gasteiger partial charge on any atom is -0.345 e. The Balaban J connectivity index is 2.08. The predicted molar refractivity (Wildman–Crippen MR) is 93.3 cm³/mol. The van der Waals surface area contributed by atoms with Gasteiger partial charge in [-0.25, -0.2) is 0 Å². The van der Waals surface area contributed by atoms with Gasteiger partial charge in [-0.05, 0) is 35.9 Å². The average molecular weight is 351 g/mol. The number of nitrogens with one attached hydrogen (secondary N) is 1. The van der Waals surface area contributed by atoms with Gasteiger partial charge >= 0.3 is 0 Å². The maximum absolute atomic E-state index is 12.1. The van der Waals surface area contributed by atoms with E-state index < -0.39 is 0 Å². The normalized spacial score (nSPS) is 10.3. The second-order valence-corrected chi connectivity index (χ2v) is 6.08. The molecule has 4 nitrogen and oxygen atoms in total. The lowest BCUT2D eigenvalue weighted by molar-refractivity contribution is -0.115. The fraction of sp³-hybridized carbons (Fsp3) is 0.176. The Labute approximate surface area is 145 Å². The molecule has 2 rings (SSSR count). The highest BCUT2D eigenvalue weighted by Gasteiger charge is 2.11. The molecule has 0 heterocycles. The third-order valence-corrected chi connectivity index (χ3v) is 3.75. The van der Waals surface area contributed by atoms with Gasteiger partial charge in [0.05, 0.1) is 6.42 Å². The molecule has 0 bridgehead atoms. The first-order valence-electron chi connectivity index (χ1n) is 6.92. The number of amides is 2. The van der Waals surface area contributed by atoms with Crippen LogP contribution in [0.25, 0.3) is 0 Å². The van der Waals surface area contributed by atoms with Crippen LogP contribution in [0.3, 0.4) is 0 Å². The molecular formula is C17H16Cl2N2O2. The topological polar surface area (TPSA) is 49.4 Å². The Morgan fingerprint density at radius 1 is 1.09 bits per heavy atom. The lowest BCUT2D eigenvalue weighted by atomic mass is 10.1. The monoisotopic (exact) mass is 350 g/mol. The Morgan fingerprint density at radius 3 is 2.48 bits per heavy atom. The number of benzene rings is 2. The number of hydrogen-bond donors (Lipinski definition) is 1. The fourth-order valence-corrected chi connectivity index (χ4v) is 2.51. The lowest BCUT2D eigenvalue weighted by Gasteiger charge is -2.12. The van der Waals surface area contributed by atoms with Crippen LogP contribution in [0.15, 0.2) is 42.5 Å². The highest BCUT2D eigenvalue weighted by atomic mass is 35.5. The molecule has 0 aromatic heterocycles. The maximum atomic E-state index is 12.1. The van der Waals surface area contributed by atoms with E-state index >= 15 is 0 Å². The Hall–Kier alpha value is -2.04. The summed E-state index contributed by atoms with van der Waals surface area (Å²) in [5.41, 5.74) is 1.76. The van der Waals surface area contributed by atoms with E-state index in [-0.39, 0.29) is 18.2 Å². The molecule has 6 heteroatoms. The van der Waals surface area contributed by atoms with Crippen molar-refractivity contribution in [3.05, 3.63) is 63.6 Å². The van der Waals surface area contributed by atoms with Gasteiger partial charge in [-0.3, -0.25) is 9.59 Å². The molecule has 0 unspecified atom stereocenters. The van der Waals surface area contributed by atoms with Crippen LogP contribution >= 0.6 is 23.2 Å². The number of rotatable bonds is 4. The van der Waals surface area contributed by atoms with Gasteiger partial charge in [0.25, 0.3) is 5.91 Å². The van der Waals surface area contributed by atoms with Gasteiger partial charge in [0.2, 0.25) is 5.91 Å². The first kappa shape index (κ1) is 17.3. The molecule has 23 heavy (non-hydrogen) atoms. The van der Waals surface area contributed by atoms with Crippen LogP contribution in [-0.2, 0) is 11.2 Å². The van der Waals surface area contributed by atoms with Crippen LogP contribution in [0.5, 0.6) is 0 Å². The molecule has 0 atom stereocenters. The molecule has 2 amide bonds. The smallest absolute Gasteiger partial charge is 0.253 e. The SMILES string of the molecule is CN(C)C(=O)c1cccc(NC(=O)Cc2ccc(Cl)cc2Cl)c1. The summed E-state index contributed by atoms with van der Waals surface area (Å²) in [5.74, 6) is -0.342. The average Bonchev–Trinajstić information content (AvgIpc) is 2.49. The standard InChI is InChI=1S/C17H16Cl2N2O2/c1-21(2)17(23)12-4-3-5-14(8-12)20-16(22)9-11-6-7-13(18)10-15(11)19/h3-8,10H,9H2,1-2H3,(H,20,22). The zero-order valence-corrected chi connectivity index (χ0v) is 14.3. The van der Waals surface area contributed by atoms with E-state index in [1.807, 2.05) is 0 Å². The molecule has 0 spiro atoms. The second kappa shape index (κ2) is 7.49. The molecule has 0 saturated carbocycles. The maximum Gasteiger partial charge on any atom is 0.253 e. The summed E-state index contributed by atoms with van der Waals surface area (Å²) in [7, 11) is 3.35. The van der Waals surface area contributed by atoms with Crippen molar-refractivity contribution in [3.63, 3.8) is 0 Å². The molecule has 0 fully saturated rings. The van der Waals surface area contributed by atoms with Gasteiger partial charge in [-0.2, -0.15) is 0 Å². The van der Waals surface area contributed by atoms with Gasteiger partial charge in [-0.15, -0.1) is 0 Å². The second-order valence-electron chi connectivity index (χ2n) is 5.24. The third-order valence-electron chi connectivity index (χ3n) is 3.17. The summed E-state index contributed by atoms with van der Waals surface area (Å²) in [4.78, 5) is 25.5. The number of anilines is 1. The Bertz CT molecular complexity index is 745. The minimum atomic E-state index is -0.219. The zero-order valence-electron chi connectivity index (χ0n) is 12.8. The van der Waals surface area contributed by atoms with Crippen LogP contribution in [0.1, 0.15) is 15.9 Å². The van der Waals surface area contributed by atoms with E-state index in [4.69, 9.17) is 23.2 Å². The molecular weight excluding hydrogens is 335 g/mol. The van der Waals surface area contributed by atoms with Crippen molar-refractivity contribution in [1.29, 1.82) is 0 Å². The van der Waals surface area contributed by atoms with Crippen molar-refractivity contribution in [2.45, 2.75) is 6.42 Å². The van der Waals surface area contributed by atoms with Gasteiger partial charge < -0.3 is 10.2 Å². The van der Waals surface area contributed by atoms with E-state index in [1.165, 1.54) is 4.90 Å². The first-order valence-corrected chi connectivity index (χ1v) is 7.68. The van der Waals surface area contributed by atoms with Crippen LogP contribution < -0.4 is 5.32 Å². The minimum absolute atomic E-state index is 0.123. The highest BCUT2D eigenvalue weighted by Crippen LogP contribution is 2.22. The molecule has 2 aromatic rings. The first-order chi connectivity index (χ1) is 10.9. The van der Waals surface area contributed by atoms with E-state index in [9.17, 15) is 9.59 Å². The van der Waals surface area contributed by atoms with Crippen molar-refractivity contribution in [1.82, 2.24) is 4.90 Å². The molecule has 1 N–H and O–H groups in total. The quantitative estimate of drug-likeness (QED) is 0.909. The molecule has 0 aliphatic heterocycles. The lowest BCUT2D eigenvalue weighted by Crippen LogP contribution is -2.22. The fourth-order valence-electron chi connectivity index (χ4n) is 2.03. The van der Waals surface area contributed by atoms with Gasteiger partial charge in [0.1, 0.15) is 0 Å². The number of carbonyl (C=O) groups excluding carboxylic acids is 2. The Kier molecular flexibility index (Phi) is 5.64. The van der Waals surface area contributed by atoms with Crippen molar-refractivity contribution < 1.29 is 9.59 Å². The van der Waals surface area contributed by atoms with E-state index in [2.05, 4.69) is 5.32 Å². The van der Waals surface area contributed by atoms with Crippen molar-refractivity contribution in [3.8, 4) is 0 Å². The molecule has 0 aliphatic rings. The zero-order chi connectivity index (χ0) is 17.0. The van der Waals surface area contributed by atoms with E-state index in [0.29, 0.717) is 26.9 Å². The molecule has 0 aliphatic carbocycles. The van der Waals surface area contributed by atoms with E-state index in [0.717, 1.165) is 0 Å². The van der Waals surface area contributed by atoms with Gasteiger partial charge in [-0.1, -0.05) is 35.3 Å². The van der Waals surface area contributed by atoms with Crippen LogP contribution in [0.4, 0.5) is 5.69 Å². The number of nitrogens with zero attached hydrogens (tertiary/aromatic N) is 1. The predicted octanol–water partition coefficient (Wildman–Crippen LogP) is 3.88. The van der Waals surface area contributed by atoms with Gasteiger partial charge in [0, 0.05) is 35.4 Å². The van der Waals surface area contributed by atoms with Crippen molar-refractivity contribution in [2.24, 2.45) is 0 Å². The van der Waals surface area contributed by atoms with E-state index in [1.54, 1.807) is 56.6 Å². The molecule has 0 saturated heterocycles. The summed E-state index contributed by atoms with van der Waals surface area (Å²) in [6.45, 7) is 0. The van der Waals surface area contributed by atoms with Gasteiger partial charge in [0.15, 0.2) is 0 Å². The molecule has 120 valence electrons. The largest absolute Gasteiger partial charge is 0.345 e. The number of halogens is 2. The third kappa shape index (κ3) is 4.71. The van der Waals surface area contributed by atoms with Crippen molar-refractivity contribution >= 4 is 40.7 Å². The molecule has 0 radical (unpaired) electrons. The van der Waals surface area contributed by atoms with Crippen LogP contribution in [-0.4, -0.2) is 30.8 Å². The summed E-state index contributed by atoms with van der Waals surface area (Å²) < 4.78 is 0. The summed E-state index contributed by atoms with van der Waals surface area (Å²) in [6.07, 6.45) is 0.127. The highest BCUT2D eigenvalue weighted by molar-refractivity contribution is 6.35. The van der Waals surface area contributed by atoms with Crippen molar-refractivity contribution in [2.75, 3.05) is 19.4 Å². The van der Waals surface area contributed by atoms with Crippen LogP contribution in [0, 0.1) is 0 Å². The van der Waals surface area contributed by atoms with Crippen LogP contribution in [0.2, 0.25) is 10.0 Å². The number of hydrogen-bond acceptors (Lipinski definition) is 2. The Morgan fingerprint density at radius 2 is 1.83 bits per heavy atom.